The predicted octanol–water partition coefficient (Wildman–Crippen LogP) is 1.79. The third-order valence-electron chi connectivity index (χ3n) is 3.21. The molecule has 1 amide bonds. The predicted molar refractivity (Wildman–Crippen MR) is 76.2 cm³/mol. The number of carbonyl (C=O) groups excluding carboxylic acids is 1. The Labute approximate surface area is 128 Å². The topological polar surface area (TPSA) is 84.2 Å². The average Bonchev–Trinajstić information content (AvgIpc) is 3.01. The Balaban J connectivity index is 2.05. The summed E-state index contributed by atoms with van der Waals surface area (Å²) in [5, 5.41) is 12.1. The first-order valence-corrected chi connectivity index (χ1v) is 7.10. The van der Waals surface area contributed by atoms with Crippen LogP contribution in [0, 0.1) is 17.2 Å². The van der Waals surface area contributed by atoms with Gasteiger partial charge in [-0.3, -0.25) is 4.79 Å². The summed E-state index contributed by atoms with van der Waals surface area (Å²) in [6.07, 6.45) is 2.15. The third-order valence-corrected chi connectivity index (χ3v) is 3.48. The second-order valence-corrected chi connectivity index (χ2v) is 5.06. The molecule has 2 atom stereocenters. The van der Waals surface area contributed by atoms with Crippen LogP contribution in [-0.4, -0.2) is 36.8 Å². The Morgan fingerprint density at radius 2 is 2.57 bits per heavy atom. The molecule has 2 heterocycles. The van der Waals surface area contributed by atoms with Crippen molar-refractivity contribution in [2.45, 2.75) is 19.4 Å². The highest BCUT2D eigenvalue weighted by molar-refractivity contribution is 6.32. The number of pyridine rings is 1. The molecule has 0 bridgehead atoms. The fourth-order valence-electron chi connectivity index (χ4n) is 2.09. The van der Waals surface area contributed by atoms with Crippen LogP contribution in [0.3, 0.4) is 0 Å². The molecule has 1 aliphatic heterocycles. The van der Waals surface area contributed by atoms with E-state index in [1.807, 2.05) is 6.92 Å². The molecule has 0 spiro atoms. The van der Waals surface area contributed by atoms with Crippen molar-refractivity contribution in [2.75, 3.05) is 19.8 Å². The van der Waals surface area contributed by atoms with Gasteiger partial charge in [-0.25, -0.2) is 4.98 Å². The Morgan fingerprint density at radius 3 is 3.14 bits per heavy atom. The molecule has 6 nitrogen and oxygen atoms in total. The van der Waals surface area contributed by atoms with E-state index in [0.29, 0.717) is 25.4 Å². The summed E-state index contributed by atoms with van der Waals surface area (Å²) in [6, 6.07) is 3.00. The lowest BCUT2D eigenvalue weighted by Crippen LogP contribution is -2.39. The zero-order valence-corrected chi connectivity index (χ0v) is 12.4. The molecule has 2 rings (SSSR count). The van der Waals surface area contributed by atoms with Crippen molar-refractivity contribution < 1.29 is 14.3 Å². The number of rotatable bonds is 5. The van der Waals surface area contributed by atoms with Gasteiger partial charge in [0.15, 0.2) is 0 Å². The highest BCUT2D eigenvalue weighted by Gasteiger charge is 2.27. The van der Waals surface area contributed by atoms with Gasteiger partial charge >= 0.3 is 0 Å². The summed E-state index contributed by atoms with van der Waals surface area (Å²) in [6.45, 7) is 3.37. The lowest BCUT2D eigenvalue weighted by atomic mass is 10.00. The molecule has 1 N–H and O–H groups in total. The normalized spacial score (nSPS) is 18.8. The Bertz CT molecular complexity index is 553. The molecule has 0 aliphatic carbocycles. The Morgan fingerprint density at radius 1 is 1.76 bits per heavy atom. The summed E-state index contributed by atoms with van der Waals surface area (Å²) < 4.78 is 10.4. The van der Waals surface area contributed by atoms with Crippen LogP contribution < -0.4 is 10.1 Å². The number of carbonyl (C=O) groups is 1. The van der Waals surface area contributed by atoms with Crippen molar-refractivity contribution in [3.8, 4) is 11.9 Å². The standard InChI is InChI=1S/C14H16ClN3O3/c1-2-21-14-11(15)5-10(7-17-14)13(19)18-12(6-16)9-3-4-20-8-9/h5,7,9,12H,2-4,8H2,1H3,(H,18,19)/t9-,12-/m0/s1. The second-order valence-electron chi connectivity index (χ2n) is 4.65. The van der Waals surface area contributed by atoms with E-state index < -0.39 is 6.04 Å². The molecule has 21 heavy (non-hydrogen) atoms. The van der Waals surface area contributed by atoms with Crippen LogP contribution in [0.2, 0.25) is 5.02 Å². The minimum Gasteiger partial charge on any atom is -0.477 e. The lowest BCUT2D eigenvalue weighted by Gasteiger charge is -2.16. The fourth-order valence-corrected chi connectivity index (χ4v) is 2.31. The minimum absolute atomic E-state index is 0.0186. The van der Waals surface area contributed by atoms with Gasteiger partial charge in [0, 0.05) is 18.7 Å². The molecule has 0 saturated carbocycles. The maximum absolute atomic E-state index is 12.1. The number of amides is 1. The number of ether oxygens (including phenoxy) is 2. The highest BCUT2D eigenvalue weighted by atomic mass is 35.5. The van der Waals surface area contributed by atoms with Crippen molar-refractivity contribution in [1.82, 2.24) is 10.3 Å². The number of nitriles is 1. The molecule has 0 radical (unpaired) electrons. The average molecular weight is 310 g/mol. The number of hydrogen-bond donors (Lipinski definition) is 1. The second kappa shape index (κ2) is 7.25. The zero-order chi connectivity index (χ0) is 15.2. The SMILES string of the molecule is CCOc1ncc(C(=O)N[C@@H](C#N)[C@H]2CCOC2)cc1Cl. The highest BCUT2D eigenvalue weighted by Crippen LogP contribution is 2.23. The Kier molecular flexibility index (Phi) is 5.37. The first-order valence-electron chi connectivity index (χ1n) is 6.72. The van der Waals surface area contributed by atoms with Gasteiger partial charge in [-0.2, -0.15) is 5.26 Å². The summed E-state index contributed by atoms with van der Waals surface area (Å²) in [4.78, 5) is 16.1. The summed E-state index contributed by atoms with van der Waals surface area (Å²) >= 11 is 6.00. The van der Waals surface area contributed by atoms with Crippen molar-refractivity contribution in [3.63, 3.8) is 0 Å². The smallest absolute Gasteiger partial charge is 0.253 e. The van der Waals surface area contributed by atoms with E-state index in [9.17, 15) is 4.79 Å². The van der Waals surface area contributed by atoms with Crippen LogP contribution in [0.25, 0.3) is 0 Å². The molecule has 1 aromatic rings. The van der Waals surface area contributed by atoms with E-state index >= 15 is 0 Å². The van der Waals surface area contributed by atoms with Gasteiger partial charge in [0.05, 0.1) is 24.8 Å². The van der Waals surface area contributed by atoms with E-state index in [1.165, 1.54) is 12.3 Å². The van der Waals surface area contributed by atoms with Gasteiger partial charge < -0.3 is 14.8 Å². The van der Waals surface area contributed by atoms with Crippen molar-refractivity contribution in [2.24, 2.45) is 5.92 Å². The van der Waals surface area contributed by atoms with E-state index in [0.717, 1.165) is 6.42 Å². The molecule has 1 aromatic heterocycles. The van der Waals surface area contributed by atoms with E-state index in [1.54, 1.807) is 0 Å². The number of halogens is 1. The summed E-state index contributed by atoms with van der Waals surface area (Å²) in [5.41, 5.74) is 0.294. The number of nitrogens with one attached hydrogen (secondary N) is 1. The van der Waals surface area contributed by atoms with Crippen LogP contribution >= 0.6 is 11.6 Å². The molecule has 1 aliphatic rings. The Hall–Kier alpha value is -1.84. The lowest BCUT2D eigenvalue weighted by molar-refractivity contribution is 0.0930. The van der Waals surface area contributed by atoms with Crippen LogP contribution in [-0.2, 0) is 4.74 Å². The number of hydrogen-bond acceptors (Lipinski definition) is 5. The van der Waals surface area contributed by atoms with Crippen LogP contribution in [0.15, 0.2) is 12.3 Å². The third kappa shape index (κ3) is 3.84. The van der Waals surface area contributed by atoms with Gasteiger partial charge in [-0.05, 0) is 19.4 Å². The van der Waals surface area contributed by atoms with Crippen LogP contribution in [0.5, 0.6) is 5.88 Å². The van der Waals surface area contributed by atoms with Gasteiger partial charge in [-0.1, -0.05) is 11.6 Å². The van der Waals surface area contributed by atoms with E-state index in [-0.39, 0.29) is 22.7 Å². The maximum atomic E-state index is 12.1. The number of nitrogens with zero attached hydrogens (tertiary/aromatic N) is 2. The zero-order valence-electron chi connectivity index (χ0n) is 11.6. The monoisotopic (exact) mass is 309 g/mol. The van der Waals surface area contributed by atoms with Gasteiger partial charge in [0.2, 0.25) is 5.88 Å². The first-order chi connectivity index (χ1) is 10.2. The fraction of sp³-hybridized carbons (Fsp3) is 0.500. The quantitative estimate of drug-likeness (QED) is 0.896. The molecule has 1 fully saturated rings. The summed E-state index contributed by atoms with van der Waals surface area (Å²) in [5.74, 6) is -0.0762. The molecular weight excluding hydrogens is 294 g/mol. The molecular formula is C14H16ClN3O3. The minimum atomic E-state index is -0.578. The molecule has 0 unspecified atom stereocenters. The molecule has 7 heteroatoms. The van der Waals surface area contributed by atoms with E-state index in [4.69, 9.17) is 26.3 Å². The van der Waals surface area contributed by atoms with Gasteiger partial charge in [-0.15, -0.1) is 0 Å². The van der Waals surface area contributed by atoms with Crippen molar-refractivity contribution in [1.29, 1.82) is 5.26 Å². The molecule has 112 valence electrons. The van der Waals surface area contributed by atoms with Gasteiger partial charge in [0.1, 0.15) is 11.1 Å². The largest absolute Gasteiger partial charge is 0.477 e. The molecule has 0 aromatic carbocycles. The van der Waals surface area contributed by atoms with Crippen molar-refractivity contribution >= 4 is 17.5 Å². The van der Waals surface area contributed by atoms with Gasteiger partial charge in [0.25, 0.3) is 5.91 Å². The number of aromatic nitrogens is 1. The maximum Gasteiger partial charge on any atom is 0.253 e. The summed E-state index contributed by atoms with van der Waals surface area (Å²) in [7, 11) is 0. The first kappa shape index (κ1) is 15.5. The van der Waals surface area contributed by atoms with Crippen LogP contribution in [0.4, 0.5) is 0 Å². The van der Waals surface area contributed by atoms with Crippen LogP contribution in [0.1, 0.15) is 23.7 Å². The van der Waals surface area contributed by atoms with E-state index in [2.05, 4.69) is 16.4 Å². The molecule has 1 saturated heterocycles. The van der Waals surface area contributed by atoms with Crippen molar-refractivity contribution in [3.05, 3.63) is 22.8 Å².